The average molecular weight is 266 g/mol. The molecule has 100 valence electrons. The van der Waals surface area contributed by atoms with Gasteiger partial charge >= 0.3 is 0 Å². The van der Waals surface area contributed by atoms with Crippen molar-refractivity contribution in [3.63, 3.8) is 0 Å². The first-order valence-corrected chi connectivity index (χ1v) is 7.65. The fourth-order valence-electron chi connectivity index (χ4n) is 2.44. The fourth-order valence-corrected chi connectivity index (χ4v) is 3.30. The molecule has 2 N–H and O–H groups in total. The smallest absolute Gasteiger partial charge is 0.237 e. The van der Waals surface area contributed by atoms with Crippen molar-refractivity contribution in [1.29, 1.82) is 0 Å². The van der Waals surface area contributed by atoms with Crippen molar-refractivity contribution in [2.45, 2.75) is 45.2 Å². The number of carbonyl (C=O) groups is 1. The largest absolute Gasteiger partial charge is 0.347 e. The molecule has 2 rings (SSSR count). The topological polar surface area (TPSA) is 41.1 Å². The van der Waals surface area contributed by atoms with Crippen LogP contribution in [0, 0.1) is 5.92 Å². The fraction of sp³-hybridized carbons (Fsp3) is 0.643. The maximum absolute atomic E-state index is 12.2. The third-order valence-corrected chi connectivity index (χ3v) is 4.58. The molecule has 1 fully saturated rings. The van der Waals surface area contributed by atoms with Crippen molar-refractivity contribution in [2.75, 3.05) is 6.54 Å². The summed E-state index contributed by atoms with van der Waals surface area (Å²) in [5, 5.41) is 8.54. The molecule has 2 heterocycles. The molecule has 1 amide bonds. The summed E-state index contributed by atoms with van der Waals surface area (Å²) in [7, 11) is 0. The van der Waals surface area contributed by atoms with Gasteiger partial charge in [-0.25, -0.2) is 0 Å². The number of nitrogens with one attached hydrogen (secondary N) is 2. The number of thiophene rings is 1. The lowest BCUT2D eigenvalue weighted by Gasteiger charge is -2.28. The van der Waals surface area contributed by atoms with Crippen LogP contribution in [0.1, 0.15) is 44.0 Å². The van der Waals surface area contributed by atoms with Crippen molar-refractivity contribution < 1.29 is 4.79 Å². The quantitative estimate of drug-likeness (QED) is 0.880. The monoisotopic (exact) mass is 266 g/mol. The van der Waals surface area contributed by atoms with Crippen LogP contribution in [0.5, 0.6) is 0 Å². The zero-order valence-corrected chi connectivity index (χ0v) is 11.9. The summed E-state index contributed by atoms with van der Waals surface area (Å²) < 4.78 is 0. The molecule has 1 aromatic heterocycles. The van der Waals surface area contributed by atoms with E-state index in [1.54, 1.807) is 11.3 Å². The Morgan fingerprint density at radius 3 is 3.11 bits per heavy atom. The van der Waals surface area contributed by atoms with Crippen LogP contribution in [0.25, 0.3) is 0 Å². The predicted octanol–water partition coefficient (Wildman–Crippen LogP) is 2.70. The van der Waals surface area contributed by atoms with Gasteiger partial charge in [0, 0.05) is 4.88 Å². The second-order valence-corrected chi connectivity index (χ2v) is 6.10. The minimum Gasteiger partial charge on any atom is -0.347 e. The molecule has 1 aliphatic rings. The Morgan fingerprint density at radius 2 is 2.50 bits per heavy atom. The summed E-state index contributed by atoms with van der Waals surface area (Å²) in [6.45, 7) is 5.29. The SMILES string of the molecule is CCC(NC(=O)C1CC(C)CCN1)c1cccs1. The van der Waals surface area contributed by atoms with Crippen molar-refractivity contribution in [3.8, 4) is 0 Å². The lowest BCUT2D eigenvalue weighted by molar-refractivity contribution is -0.124. The molecule has 0 aliphatic carbocycles. The summed E-state index contributed by atoms with van der Waals surface area (Å²) >= 11 is 1.71. The van der Waals surface area contributed by atoms with Gasteiger partial charge in [0.1, 0.15) is 0 Å². The van der Waals surface area contributed by atoms with Crippen molar-refractivity contribution >= 4 is 17.2 Å². The van der Waals surface area contributed by atoms with E-state index in [1.807, 2.05) is 6.07 Å². The zero-order chi connectivity index (χ0) is 13.0. The van der Waals surface area contributed by atoms with Gasteiger partial charge in [0.05, 0.1) is 12.1 Å². The average Bonchev–Trinajstić information content (AvgIpc) is 2.89. The van der Waals surface area contributed by atoms with E-state index in [0.29, 0.717) is 5.92 Å². The lowest BCUT2D eigenvalue weighted by atomic mass is 9.93. The third-order valence-electron chi connectivity index (χ3n) is 3.59. The Kier molecular flexibility index (Phi) is 4.78. The Morgan fingerprint density at radius 1 is 1.67 bits per heavy atom. The Balaban J connectivity index is 1.93. The highest BCUT2D eigenvalue weighted by molar-refractivity contribution is 7.10. The highest BCUT2D eigenvalue weighted by Gasteiger charge is 2.26. The van der Waals surface area contributed by atoms with E-state index < -0.39 is 0 Å². The van der Waals surface area contributed by atoms with E-state index in [1.165, 1.54) is 11.3 Å². The molecule has 18 heavy (non-hydrogen) atoms. The molecular formula is C14H22N2OS. The number of hydrogen-bond acceptors (Lipinski definition) is 3. The summed E-state index contributed by atoms with van der Waals surface area (Å²) in [6, 6.07) is 4.28. The second-order valence-electron chi connectivity index (χ2n) is 5.12. The standard InChI is InChI=1S/C14H22N2OS/c1-3-11(13-5-4-8-18-13)16-14(17)12-9-10(2)6-7-15-12/h4-5,8,10-12,15H,3,6-7,9H2,1-2H3,(H,16,17). The number of carbonyl (C=O) groups excluding carboxylic acids is 1. The van der Waals surface area contributed by atoms with E-state index in [9.17, 15) is 4.79 Å². The molecule has 0 aromatic carbocycles. The molecule has 4 heteroatoms. The summed E-state index contributed by atoms with van der Waals surface area (Å²) in [4.78, 5) is 13.5. The van der Waals surface area contributed by atoms with Crippen molar-refractivity contribution in [1.82, 2.24) is 10.6 Å². The summed E-state index contributed by atoms with van der Waals surface area (Å²) in [5.74, 6) is 0.797. The van der Waals surface area contributed by atoms with E-state index in [2.05, 4.69) is 35.9 Å². The van der Waals surface area contributed by atoms with Crippen molar-refractivity contribution in [3.05, 3.63) is 22.4 Å². The van der Waals surface area contributed by atoms with Gasteiger partial charge in [0.2, 0.25) is 5.91 Å². The molecule has 3 unspecified atom stereocenters. The van der Waals surface area contributed by atoms with Crippen LogP contribution in [0.15, 0.2) is 17.5 Å². The van der Waals surface area contributed by atoms with Crippen LogP contribution in [0.4, 0.5) is 0 Å². The predicted molar refractivity (Wildman–Crippen MR) is 75.7 cm³/mol. The zero-order valence-electron chi connectivity index (χ0n) is 11.1. The number of amides is 1. The van der Waals surface area contributed by atoms with Crippen LogP contribution in [0.3, 0.4) is 0 Å². The minimum absolute atomic E-state index is 0.0113. The van der Waals surface area contributed by atoms with E-state index in [0.717, 1.165) is 19.4 Å². The molecular weight excluding hydrogens is 244 g/mol. The van der Waals surface area contributed by atoms with E-state index in [-0.39, 0.29) is 18.0 Å². The van der Waals surface area contributed by atoms with Gasteiger partial charge in [-0.2, -0.15) is 0 Å². The molecule has 0 saturated carbocycles. The third kappa shape index (κ3) is 3.33. The van der Waals surface area contributed by atoms with Gasteiger partial charge in [-0.05, 0) is 43.2 Å². The normalized spacial score (nSPS) is 25.7. The van der Waals surface area contributed by atoms with Gasteiger partial charge in [-0.1, -0.05) is 19.9 Å². The van der Waals surface area contributed by atoms with Crippen LogP contribution >= 0.6 is 11.3 Å². The van der Waals surface area contributed by atoms with Crippen LogP contribution in [-0.2, 0) is 4.79 Å². The number of hydrogen-bond donors (Lipinski definition) is 2. The Hall–Kier alpha value is -0.870. The highest BCUT2D eigenvalue weighted by Crippen LogP contribution is 2.22. The van der Waals surface area contributed by atoms with Gasteiger partial charge < -0.3 is 10.6 Å². The molecule has 0 bridgehead atoms. The summed E-state index contributed by atoms with van der Waals surface area (Å²) in [6.07, 6.45) is 3.06. The summed E-state index contributed by atoms with van der Waals surface area (Å²) in [5.41, 5.74) is 0. The second kappa shape index (κ2) is 6.34. The van der Waals surface area contributed by atoms with Crippen LogP contribution < -0.4 is 10.6 Å². The Bertz CT molecular complexity index is 377. The van der Waals surface area contributed by atoms with E-state index >= 15 is 0 Å². The van der Waals surface area contributed by atoms with Gasteiger partial charge in [-0.3, -0.25) is 4.79 Å². The van der Waals surface area contributed by atoms with Gasteiger partial charge in [-0.15, -0.1) is 11.3 Å². The maximum atomic E-state index is 12.2. The molecule has 0 radical (unpaired) electrons. The molecule has 3 atom stereocenters. The first kappa shape index (κ1) is 13.6. The first-order chi connectivity index (χ1) is 8.70. The number of piperidine rings is 1. The van der Waals surface area contributed by atoms with E-state index in [4.69, 9.17) is 0 Å². The maximum Gasteiger partial charge on any atom is 0.237 e. The highest BCUT2D eigenvalue weighted by atomic mass is 32.1. The molecule has 1 saturated heterocycles. The van der Waals surface area contributed by atoms with Gasteiger partial charge in [0.25, 0.3) is 0 Å². The molecule has 0 spiro atoms. The minimum atomic E-state index is -0.0113. The lowest BCUT2D eigenvalue weighted by Crippen LogP contribution is -2.49. The van der Waals surface area contributed by atoms with Crippen molar-refractivity contribution in [2.24, 2.45) is 5.92 Å². The van der Waals surface area contributed by atoms with Crippen LogP contribution in [0.2, 0.25) is 0 Å². The Labute approximate surface area is 113 Å². The van der Waals surface area contributed by atoms with Gasteiger partial charge in [0.15, 0.2) is 0 Å². The molecule has 1 aromatic rings. The molecule has 1 aliphatic heterocycles. The first-order valence-electron chi connectivity index (χ1n) is 6.77. The number of rotatable bonds is 4. The molecule has 3 nitrogen and oxygen atoms in total. The van der Waals surface area contributed by atoms with Crippen LogP contribution in [-0.4, -0.2) is 18.5 Å².